The summed E-state index contributed by atoms with van der Waals surface area (Å²) in [7, 11) is -0.331. The highest BCUT2D eigenvalue weighted by Gasteiger charge is 2.52. The minimum atomic E-state index is -0.331. The lowest BCUT2D eigenvalue weighted by molar-refractivity contribution is 0.00578. The van der Waals surface area contributed by atoms with Gasteiger partial charge >= 0.3 is 7.12 Å². The molecule has 2 aliphatic heterocycles. The SMILES string of the molecule is Cc1cc(N2CCCC2C)ncc1B1OC(C)(C)C(C)(C)O1. The Kier molecular flexibility index (Phi) is 3.77. The van der Waals surface area contributed by atoms with Crippen LogP contribution in [0.5, 0.6) is 0 Å². The summed E-state index contributed by atoms with van der Waals surface area (Å²) in [6.07, 6.45) is 4.43. The molecule has 1 atom stereocenters. The molecule has 22 heavy (non-hydrogen) atoms. The minimum Gasteiger partial charge on any atom is -0.399 e. The predicted molar refractivity (Wildman–Crippen MR) is 90.7 cm³/mol. The lowest BCUT2D eigenvalue weighted by atomic mass is 9.77. The van der Waals surface area contributed by atoms with Crippen LogP contribution in [0.3, 0.4) is 0 Å². The summed E-state index contributed by atoms with van der Waals surface area (Å²) in [6.45, 7) is 13.8. The molecule has 2 aliphatic rings. The van der Waals surface area contributed by atoms with Crippen LogP contribution >= 0.6 is 0 Å². The molecule has 2 fully saturated rings. The van der Waals surface area contributed by atoms with Crippen molar-refractivity contribution >= 4 is 18.4 Å². The summed E-state index contributed by atoms with van der Waals surface area (Å²) in [5.74, 6) is 1.07. The number of pyridine rings is 1. The highest BCUT2D eigenvalue weighted by atomic mass is 16.7. The minimum absolute atomic E-state index is 0.313. The lowest BCUT2D eigenvalue weighted by Crippen LogP contribution is -2.41. The first-order valence-corrected chi connectivity index (χ1v) is 8.30. The van der Waals surface area contributed by atoms with Crippen LogP contribution in [-0.2, 0) is 9.31 Å². The van der Waals surface area contributed by atoms with E-state index in [1.165, 1.54) is 18.4 Å². The summed E-state index contributed by atoms with van der Waals surface area (Å²) < 4.78 is 12.3. The Morgan fingerprint density at radius 2 is 1.86 bits per heavy atom. The largest absolute Gasteiger partial charge is 0.496 e. The molecule has 0 aliphatic carbocycles. The van der Waals surface area contributed by atoms with Gasteiger partial charge in [0.1, 0.15) is 5.82 Å². The molecule has 1 unspecified atom stereocenters. The van der Waals surface area contributed by atoms with Crippen LogP contribution in [0.15, 0.2) is 12.3 Å². The molecule has 0 N–H and O–H groups in total. The van der Waals surface area contributed by atoms with E-state index in [0.29, 0.717) is 6.04 Å². The van der Waals surface area contributed by atoms with Crippen LogP contribution in [0.4, 0.5) is 5.82 Å². The van der Waals surface area contributed by atoms with Crippen LogP contribution in [0.2, 0.25) is 0 Å². The quantitative estimate of drug-likeness (QED) is 0.787. The van der Waals surface area contributed by atoms with Crippen LogP contribution in [0.25, 0.3) is 0 Å². The van der Waals surface area contributed by atoms with E-state index in [-0.39, 0.29) is 18.3 Å². The molecular weight excluding hydrogens is 275 g/mol. The first-order valence-electron chi connectivity index (χ1n) is 8.30. The van der Waals surface area contributed by atoms with Crippen LogP contribution in [-0.4, -0.2) is 35.9 Å². The summed E-state index contributed by atoms with van der Waals surface area (Å²) in [4.78, 5) is 7.07. The maximum absolute atomic E-state index is 6.14. The van der Waals surface area contributed by atoms with Gasteiger partial charge in [-0.15, -0.1) is 0 Å². The molecule has 120 valence electrons. The second-order valence-electron chi connectivity index (χ2n) is 7.67. The van der Waals surface area contributed by atoms with Crippen LogP contribution in [0.1, 0.15) is 53.0 Å². The van der Waals surface area contributed by atoms with Gasteiger partial charge in [-0.1, -0.05) is 0 Å². The second-order valence-corrected chi connectivity index (χ2v) is 7.67. The van der Waals surface area contributed by atoms with E-state index >= 15 is 0 Å². The van der Waals surface area contributed by atoms with Gasteiger partial charge in [0.15, 0.2) is 0 Å². The zero-order valence-electron chi connectivity index (χ0n) is 14.6. The molecule has 4 nitrogen and oxygen atoms in total. The third-order valence-electron chi connectivity index (χ3n) is 5.49. The molecule has 5 heteroatoms. The van der Waals surface area contributed by atoms with Gasteiger partial charge < -0.3 is 14.2 Å². The fourth-order valence-electron chi connectivity index (χ4n) is 3.20. The van der Waals surface area contributed by atoms with E-state index in [4.69, 9.17) is 9.31 Å². The Labute approximate surface area is 134 Å². The standard InChI is InChI=1S/C17H27BN2O2/c1-12-10-15(20-9-7-8-13(20)2)19-11-14(12)18-21-16(3,4)17(5,6)22-18/h10-11,13H,7-9H2,1-6H3. The number of aryl methyl sites for hydroxylation is 1. The van der Waals surface area contributed by atoms with Crippen LogP contribution < -0.4 is 10.4 Å². The smallest absolute Gasteiger partial charge is 0.399 e. The van der Waals surface area contributed by atoms with E-state index in [1.54, 1.807) is 0 Å². The second kappa shape index (κ2) is 5.24. The molecule has 0 radical (unpaired) electrons. The molecule has 0 saturated carbocycles. The van der Waals surface area contributed by atoms with Gasteiger partial charge in [0.05, 0.1) is 11.2 Å². The van der Waals surface area contributed by atoms with Crippen LogP contribution in [0, 0.1) is 6.92 Å². The van der Waals surface area contributed by atoms with Crippen molar-refractivity contribution in [2.45, 2.75) is 71.6 Å². The van der Waals surface area contributed by atoms with Crippen molar-refractivity contribution in [2.24, 2.45) is 0 Å². The molecular formula is C17H27BN2O2. The van der Waals surface area contributed by atoms with E-state index in [1.807, 2.05) is 6.20 Å². The number of nitrogens with zero attached hydrogens (tertiary/aromatic N) is 2. The predicted octanol–water partition coefficient (Wildman–Crippen LogP) is 2.68. The van der Waals surface area contributed by atoms with Gasteiger partial charge in [0.2, 0.25) is 0 Å². The van der Waals surface area contributed by atoms with Crippen molar-refractivity contribution in [3.63, 3.8) is 0 Å². The molecule has 0 amide bonds. The number of hydrogen-bond donors (Lipinski definition) is 0. The van der Waals surface area contributed by atoms with Gasteiger partial charge in [0.25, 0.3) is 0 Å². The number of rotatable bonds is 2. The van der Waals surface area contributed by atoms with Gasteiger partial charge in [-0.3, -0.25) is 0 Å². The van der Waals surface area contributed by atoms with E-state index in [9.17, 15) is 0 Å². The Bertz CT molecular complexity index is 558. The average molecular weight is 302 g/mol. The molecule has 2 saturated heterocycles. The topological polar surface area (TPSA) is 34.6 Å². The summed E-state index contributed by atoms with van der Waals surface area (Å²) in [5.41, 5.74) is 1.59. The Morgan fingerprint density at radius 3 is 2.36 bits per heavy atom. The molecule has 0 bridgehead atoms. The first kappa shape index (κ1) is 15.8. The third kappa shape index (κ3) is 2.54. The highest BCUT2D eigenvalue weighted by molar-refractivity contribution is 6.62. The monoisotopic (exact) mass is 302 g/mol. The first-order chi connectivity index (χ1) is 10.2. The Hall–Kier alpha value is -1.07. The zero-order chi connectivity index (χ0) is 16.1. The zero-order valence-corrected chi connectivity index (χ0v) is 14.6. The Balaban J connectivity index is 1.85. The summed E-state index contributed by atoms with van der Waals surface area (Å²) >= 11 is 0. The molecule has 3 rings (SSSR count). The number of aromatic nitrogens is 1. The number of anilines is 1. The van der Waals surface area contributed by atoms with Gasteiger partial charge in [-0.2, -0.15) is 0 Å². The van der Waals surface area contributed by atoms with Crippen molar-refractivity contribution in [3.8, 4) is 0 Å². The third-order valence-corrected chi connectivity index (χ3v) is 5.49. The highest BCUT2D eigenvalue weighted by Crippen LogP contribution is 2.36. The van der Waals surface area contributed by atoms with Crippen molar-refractivity contribution in [2.75, 3.05) is 11.4 Å². The van der Waals surface area contributed by atoms with Gasteiger partial charge in [-0.05, 0) is 66.0 Å². The average Bonchev–Trinajstić information content (AvgIpc) is 2.91. The van der Waals surface area contributed by atoms with Gasteiger partial charge in [-0.25, -0.2) is 4.98 Å². The summed E-state index contributed by atoms with van der Waals surface area (Å²) in [6, 6.07) is 2.75. The number of hydrogen-bond acceptors (Lipinski definition) is 4. The molecule has 3 heterocycles. The Morgan fingerprint density at radius 1 is 1.23 bits per heavy atom. The molecule has 0 spiro atoms. The fourth-order valence-corrected chi connectivity index (χ4v) is 3.20. The van der Waals surface area contributed by atoms with Crippen molar-refractivity contribution in [1.82, 2.24) is 4.98 Å². The molecule has 1 aromatic heterocycles. The summed E-state index contributed by atoms with van der Waals surface area (Å²) in [5, 5.41) is 0. The van der Waals surface area contributed by atoms with Crippen molar-refractivity contribution in [1.29, 1.82) is 0 Å². The molecule has 0 aromatic carbocycles. The van der Waals surface area contributed by atoms with E-state index in [0.717, 1.165) is 17.8 Å². The maximum atomic E-state index is 6.14. The van der Waals surface area contributed by atoms with E-state index < -0.39 is 0 Å². The van der Waals surface area contributed by atoms with E-state index in [2.05, 4.69) is 57.5 Å². The van der Waals surface area contributed by atoms with Crippen molar-refractivity contribution < 1.29 is 9.31 Å². The molecule has 1 aromatic rings. The fraction of sp³-hybridized carbons (Fsp3) is 0.706. The van der Waals surface area contributed by atoms with Crippen molar-refractivity contribution in [3.05, 3.63) is 17.8 Å². The maximum Gasteiger partial charge on any atom is 0.496 e. The normalized spacial score (nSPS) is 26.7. The lowest BCUT2D eigenvalue weighted by Gasteiger charge is -2.32. The van der Waals surface area contributed by atoms with Gasteiger partial charge in [0, 0.05) is 24.2 Å².